The number of carbonyl (C=O) groups is 2. The van der Waals surface area contributed by atoms with Crippen molar-refractivity contribution in [2.75, 3.05) is 23.3 Å². The van der Waals surface area contributed by atoms with Gasteiger partial charge in [-0.1, -0.05) is 30.3 Å². The van der Waals surface area contributed by atoms with Crippen LogP contribution in [0, 0.1) is 0 Å². The number of carbonyl (C=O) groups excluding carboxylic acids is 2. The van der Waals surface area contributed by atoms with E-state index in [0.717, 1.165) is 29.8 Å². The van der Waals surface area contributed by atoms with E-state index in [0.29, 0.717) is 26.1 Å². The zero-order chi connectivity index (χ0) is 21.6. The van der Waals surface area contributed by atoms with Gasteiger partial charge in [-0.2, -0.15) is 0 Å². The number of para-hydroxylation sites is 1. The van der Waals surface area contributed by atoms with Gasteiger partial charge in [-0.15, -0.1) is 0 Å². The van der Waals surface area contributed by atoms with Crippen LogP contribution in [-0.4, -0.2) is 30.7 Å². The van der Waals surface area contributed by atoms with Gasteiger partial charge in [-0.05, 0) is 62.9 Å². The number of fused-ring (bicyclic) bond motifs is 1. The van der Waals surface area contributed by atoms with Crippen LogP contribution in [0.15, 0.2) is 48.5 Å². The van der Waals surface area contributed by atoms with Crippen LogP contribution >= 0.6 is 0 Å². The van der Waals surface area contributed by atoms with Crippen LogP contribution in [0.2, 0.25) is 0 Å². The summed E-state index contributed by atoms with van der Waals surface area (Å²) >= 11 is 0. The van der Waals surface area contributed by atoms with E-state index >= 15 is 0 Å². The summed E-state index contributed by atoms with van der Waals surface area (Å²) in [6.07, 6.45) is 1.98. The third kappa shape index (κ3) is 6.24. The maximum Gasteiger partial charge on any atom is 0.407 e. The van der Waals surface area contributed by atoms with Crippen molar-refractivity contribution in [2.45, 2.75) is 52.2 Å². The summed E-state index contributed by atoms with van der Waals surface area (Å²) in [5.74, 6) is 0.167. The Morgan fingerprint density at radius 1 is 1.07 bits per heavy atom. The van der Waals surface area contributed by atoms with Gasteiger partial charge in [0.1, 0.15) is 5.60 Å². The minimum atomic E-state index is -0.505. The molecule has 0 bridgehead atoms. The Hall–Kier alpha value is -3.02. The Bertz CT molecular complexity index is 889. The first-order chi connectivity index (χ1) is 14.3. The molecule has 0 radical (unpaired) electrons. The molecule has 1 heterocycles. The number of anilines is 2. The van der Waals surface area contributed by atoms with Gasteiger partial charge in [0.2, 0.25) is 5.91 Å². The van der Waals surface area contributed by atoms with Crippen LogP contribution in [0.4, 0.5) is 16.2 Å². The van der Waals surface area contributed by atoms with Crippen molar-refractivity contribution in [2.24, 2.45) is 0 Å². The second-order valence-electron chi connectivity index (χ2n) is 8.52. The highest BCUT2D eigenvalue weighted by Gasteiger charge is 2.22. The topological polar surface area (TPSA) is 70.7 Å². The predicted molar refractivity (Wildman–Crippen MR) is 120 cm³/mol. The molecule has 2 amide bonds. The van der Waals surface area contributed by atoms with E-state index in [1.54, 1.807) is 0 Å². The zero-order valence-corrected chi connectivity index (χ0v) is 18.0. The molecule has 6 nitrogen and oxygen atoms in total. The first-order valence-electron chi connectivity index (χ1n) is 10.5. The number of benzene rings is 2. The zero-order valence-electron chi connectivity index (χ0n) is 18.0. The number of hydrogen-bond donors (Lipinski definition) is 2. The quantitative estimate of drug-likeness (QED) is 0.690. The van der Waals surface area contributed by atoms with E-state index in [-0.39, 0.29) is 5.91 Å². The van der Waals surface area contributed by atoms with Gasteiger partial charge >= 0.3 is 6.09 Å². The van der Waals surface area contributed by atoms with Crippen LogP contribution in [-0.2, 0) is 22.5 Å². The molecular weight excluding hydrogens is 378 g/mol. The van der Waals surface area contributed by atoms with Crippen molar-refractivity contribution in [3.8, 4) is 0 Å². The number of amides is 2. The predicted octanol–water partition coefficient (Wildman–Crippen LogP) is 4.49. The molecule has 1 aliphatic heterocycles. The number of nitrogens with one attached hydrogen (secondary N) is 2. The number of alkyl carbamates (subject to hydrolysis) is 1. The molecule has 0 saturated carbocycles. The first kappa shape index (κ1) is 21.7. The summed E-state index contributed by atoms with van der Waals surface area (Å²) in [7, 11) is 0. The summed E-state index contributed by atoms with van der Waals surface area (Å²) in [6.45, 7) is 7.09. The highest BCUT2D eigenvalue weighted by molar-refractivity contribution is 5.94. The van der Waals surface area contributed by atoms with Gasteiger partial charge < -0.3 is 20.3 Å². The minimum Gasteiger partial charge on any atom is -0.444 e. The first-order valence-corrected chi connectivity index (χ1v) is 10.5. The standard InChI is InChI=1S/C24H31N3O3/c1-24(2,3)30-23(29)26-15-14-25-20-11-6-8-18(16-20)17-27-21-12-5-4-9-19(21)10-7-13-22(27)28/h4-6,8-9,11-12,16,25H,7,10,13-15,17H2,1-3H3,(H,26,29). The van der Waals surface area contributed by atoms with E-state index in [1.807, 2.05) is 68.1 Å². The van der Waals surface area contributed by atoms with Crippen LogP contribution in [0.25, 0.3) is 0 Å². The fourth-order valence-electron chi connectivity index (χ4n) is 3.51. The number of ether oxygens (including phenoxy) is 1. The Balaban J connectivity index is 1.58. The van der Waals surface area contributed by atoms with Gasteiger partial charge in [-0.3, -0.25) is 4.79 Å². The molecule has 0 saturated heterocycles. The second kappa shape index (κ2) is 9.65. The van der Waals surface area contributed by atoms with Gasteiger partial charge in [0.05, 0.1) is 6.54 Å². The van der Waals surface area contributed by atoms with E-state index in [4.69, 9.17) is 4.74 Å². The smallest absolute Gasteiger partial charge is 0.407 e. The van der Waals surface area contributed by atoms with Crippen LogP contribution in [0.1, 0.15) is 44.7 Å². The number of aryl methyl sites for hydroxylation is 1. The lowest BCUT2D eigenvalue weighted by Gasteiger charge is -2.23. The van der Waals surface area contributed by atoms with E-state index in [2.05, 4.69) is 16.7 Å². The molecule has 1 aliphatic rings. The van der Waals surface area contributed by atoms with Crippen LogP contribution in [0.3, 0.4) is 0 Å². The van der Waals surface area contributed by atoms with E-state index in [1.165, 1.54) is 5.56 Å². The van der Waals surface area contributed by atoms with Crippen molar-refractivity contribution < 1.29 is 14.3 Å². The summed E-state index contributed by atoms with van der Waals surface area (Å²) in [5.41, 5.74) is 3.75. The minimum absolute atomic E-state index is 0.167. The maximum absolute atomic E-state index is 12.7. The average Bonchev–Trinajstić information content (AvgIpc) is 2.83. The molecule has 2 aromatic rings. The molecule has 2 N–H and O–H groups in total. The van der Waals surface area contributed by atoms with Crippen molar-refractivity contribution in [3.05, 3.63) is 59.7 Å². The molecule has 160 valence electrons. The lowest BCUT2D eigenvalue weighted by molar-refractivity contribution is -0.118. The highest BCUT2D eigenvalue weighted by atomic mass is 16.6. The van der Waals surface area contributed by atoms with Crippen molar-refractivity contribution in [1.82, 2.24) is 5.32 Å². The average molecular weight is 410 g/mol. The molecule has 6 heteroatoms. The van der Waals surface area contributed by atoms with Crippen molar-refractivity contribution >= 4 is 23.4 Å². The Morgan fingerprint density at radius 3 is 2.67 bits per heavy atom. The molecule has 0 atom stereocenters. The summed E-state index contributed by atoms with van der Waals surface area (Å²) in [4.78, 5) is 26.3. The van der Waals surface area contributed by atoms with Gasteiger partial charge in [0, 0.05) is 30.9 Å². The Labute approximate surface area is 178 Å². The SMILES string of the molecule is CC(C)(C)OC(=O)NCCNc1cccc(CN2C(=O)CCCc3ccccc32)c1. The third-order valence-electron chi connectivity index (χ3n) is 4.81. The number of rotatable bonds is 6. The van der Waals surface area contributed by atoms with Crippen molar-refractivity contribution in [3.63, 3.8) is 0 Å². The molecule has 0 spiro atoms. The molecule has 30 heavy (non-hydrogen) atoms. The molecule has 0 fully saturated rings. The third-order valence-corrected chi connectivity index (χ3v) is 4.81. The van der Waals surface area contributed by atoms with Crippen molar-refractivity contribution in [1.29, 1.82) is 0 Å². The fraction of sp³-hybridized carbons (Fsp3) is 0.417. The van der Waals surface area contributed by atoms with Crippen LogP contribution < -0.4 is 15.5 Å². The normalized spacial score (nSPS) is 14.0. The van der Waals surface area contributed by atoms with E-state index in [9.17, 15) is 9.59 Å². The molecule has 3 rings (SSSR count). The summed E-state index contributed by atoms with van der Waals surface area (Å²) in [5, 5.41) is 6.05. The monoisotopic (exact) mass is 409 g/mol. The molecular formula is C24H31N3O3. The lowest BCUT2D eigenvalue weighted by Crippen LogP contribution is -2.35. The molecule has 0 unspecified atom stereocenters. The summed E-state index contributed by atoms with van der Waals surface area (Å²) < 4.78 is 5.23. The molecule has 0 aromatic heterocycles. The number of hydrogen-bond acceptors (Lipinski definition) is 4. The highest BCUT2D eigenvalue weighted by Crippen LogP contribution is 2.28. The molecule has 2 aromatic carbocycles. The molecule has 0 aliphatic carbocycles. The van der Waals surface area contributed by atoms with E-state index < -0.39 is 11.7 Å². The van der Waals surface area contributed by atoms with Gasteiger partial charge in [0.15, 0.2) is 0 Å². The van der Waals surface area contributed by atoms with Gasteiger partial charge in [0.25, 0.3) is 0 Å². The number of nitrogens with zero attached hydrogens (tertiary/aromatic N) is 1. The second-order valence-corrected chi connectivity index (χ2v) is 8.52. The lowest BCUT2D eigenvalue weighted by atomic mass is 10.1. The van der Waals surface area contributed by atoms with Gasteiger partial charge in [-0.25, -0.2) is 4.79 Å². The largest absolute Gasteiger partial charge is 0.444 e. The maximum atomic E-state index is 12.7. The fourth-order valence-corrected chi connectivity index (χ4v) is 3.51. The Kier molecular flexibility index (Phi) is 6.98. The Morgan fingerprint density at radius 2 is 1.87 bits per heavy atom. The van der Waals surface area contributed by atoms with Crippen LogP contribution in [0.5, 0.6) is 0 Å². The summed E-state index contributed by atoms with van der Waals surface area (Å²) in [6, 6.07) is 16.2.